The molecule has 8 nitrogen and oxygen atoms in total. The molecule has 0 spiro atoms. The van der Waals surface area contributed by atoms with Crippen molar-refractivity contribution in [3.8, 4) is 56.2 Å². The number of carbonyl (C=O) groups is 4. The van der Waals surface area contributed by atoms with Crippen molar-refractivity contribution >= 4 is 45.7 Å². The van der Waals surface area contributed by atoms with Crippen molar-refractivity contribution in [2.75, 3.05) is 0 Å². The number of aldehydes is 1. The average Bonchev–Trinajstić information content (AvgIpc) is 3.22. The van der Waals surface area contributed by atoms with Gasteiger partial charge in [-0.3, -0.25) is 19.2 Å². The van der Waals surface area contributed by atoms with Crippen LogP contribution in [0.15, 0.2) is 133 Å². The van der Waals surface area contributed by atoms with Gasteiger partial charge in [0.2, 0.25) is 0 Å². The Morgan fingerprint density at radius 3 is 1.11 bits per heavy atom. The minimum absolute atomic E-state index is 0.106. The van der Waals surface area contributed by atoms with E-state index in [0.717, 1.165) is 17.4 Å². The highest BCUT2D eigenvalue weighted by Gasteiger charge is 2.22. The maximum atomic E-state index is 12.8. The standard InChI is InChI=1S/C47H32N4O4/c1-27(53)33-13-6-9-17-37(33)45-44(36-16-5-4-12-32(36)26-52)48-40-22-20-30(24-42(40)50-45)31-21-23-41-43(25-31)51-47(39-19-11-8-15-35(39)29(3)55)46(49-41)38-18-10-7-14-34(38)28(2)54/h4-26H,1-3H3. The van der Waals surface area contributed by atoms with E-state index in [9.17, 15) is 19.2 Å². The second-order valence-electron chi connectivity index (χ2n) is 13.3. The van der Waals surface area contributed by atoms with Crippen molar-refractivity contribution in [3.05, 3.63) is 156 Å². The molecule has 0 saturated heterocycles. The Balaban J connectivity index is 1.33. The smallest absolute Gasteiger partial charge is 0.160 e. The summed E-state index contributed by atoms with van der Waals surface area (Å²) in [6, 6.07) is 40.6. The summed E-state index contributed by atoms with van der Waals surface area (Å²) in [5.41, 5.74) is 10.5. The van der Waals surface area contributed by atoms with Crippen LogP contribution in [0.1, 0.15) is 62.2 Å². The van der Waals surface area contributed by atoms with E-state index in [-0.39, 0.29) is 17.3 Å². The number of carbonyl (C=O) groups excluding carboxylic acids is 4. The van der Waals surface area contributed by atoms with Gasteiger partial charge >= 0.3 is 0 Å². The summed E-state index contributed by atoms with van der Waals surface area (Å²) >= 11 is 0. The second kappa shape index (κ2) is 14.2. The first-order chi connectivity index (χ1) is 26.7. The van der Waals surface area contributed by atoms with E-state index in [2.05, 4.69) is 0 Å². The SMILES string of the molecule is CC(=O)c1ccccc1-c1nc2cc(-c3ccc4nc(-c5ccccc5C(C)=O)c(-c5ccccc5C(C)=O)nc4c3)ccc2nc1-c1ccccc1C=O. The van der Waals surface area contributed by atoms with Crippen LogP contribution in [0.4, 0.5) is 0 Å². The zero-order valence-electron chi connectivity index (χ0n) is 30.2. The first-order valence-electron chi connectivity index (χ1n) is 17.7. The maximum absolute atomic E-state index is 12.8. The highest BCUT2D eigenvalue weighted by atomic mass is 16.1. The molecule has 6 aromatic carbocycles. The summed E-state index contributed by atoms with van der Waals surface area (Å²) in [6.07, 6.45) is 0.794. The minimum Gasteiger partial charge on any atom is -0.298 e. The molecule has 0 aliphatic heterocycles. The number of hydrogen-bond acceptors (Lipinski definition) is 8. The zero-order chi connectivity index (χ0) is 38.2. The Hall–Kier alpha value is -7.32. The van der Waals surface area contributed by atoms with Gasteiger partial charge < -0.3 is 0 Å². The van der Waals surface area contributed by atoms with Crippen LogP contribution < -0.4 is 0 Å². The van der Waals surface area contributed by atoms with Crippen molar-refractivity contribution in [1.29, 1.82) is 0 Å². The highest BCUT2D eigenvalue weighted by Crippen LogP contribution is 2.38. The quantitative estimate of drug-likeness (QED) is 0.107. The minimum atomic E-state index is -0.114. The predicted octanol–water partition coefficient (Wildman–Crippen LogP) is 10.3. The molecule has 0 saturated carbocycles. The number of benzene rings is 6. The lowest BCUT2D eigenvalue weighted by molar-refractivity contribution is 0.100. The highest BCUT2D eigenvalue weighted by molar-refractivity contribution is 6.06. The molecule has 0 N–H and O–H groups in total. The lowest BCUT2D eigenvalue weighted by Crippen LogP contribution is -2.04. The number of rotatable bonds is 9. The number of Topliss-reactive ketones (excluding diaryl/α,β-unsaturated/α-hetero) is 3. The molecule has 2 heterocycles. The van der Waals surface area contributed by atoms with Crippen molar-refractivity contribution in [2.24, 2.45) is 0 Å². The summed E-state index contributed by atoms with van der Waals surface area (Å²) in [5, 5.41) is 0. The fourth-order valence-electron chi connectivity index (χ4n) is 7.02. The Labute approximate surface area is 316 Å². The molecule has 0 aliphatic carbocycles. The Morgan fingerprint density at radius 2 is 0.727 bits per heavy atom. The van der Waals surface area contributed by atoms with Gasteiger partial charge in [0, 0.05) is 44.5 Å². The first-order valence-corrected chi connectivity index (χ1v) is 17.7. The van der Waals surface area contributed by atoms with Crippen LogP contribution in [-0.2, 0) is 0 Å². The van der Waals surface area contributed by atoms with Gasteiger partial charge in [-0.25, -0.2) is 19.9 Å². The van der Waals surface area contributed by atoms with E-state index in [1.807, 2.05) is 103 Å². The molecule has 8 aromatic rings. The molecule has 0 bridgehead atoms. The van der Waals surface area contributed by atoms with Crippen LogP contribution in [0.2, 0.25) is 0 Å². The summed E-state index contributed by atoms with van der Waals surface area (Å²) < 4.78 is 0. The number of ketones is 3. The molecule has 0 atom stereocenters. The predicted molar refractivity (Wildman–Crippen MR) is 215 cm³/mol. The normalized spacial score (nSPS) is 11.1. The summed E-state index contributed by atoms with van der Waals surface area (Å²) in [4.78, 5) is 70.8. The Kier molecular flexibility index (Phi) is 9.00. The summed E-state index contributed by atoms with van der Waals surface area (Å²) in [7, 11) is 0. The molecule has 8 heteroatoms. The van der Waals surface area contributed by atoms with Gasteiger partial charge in [-0.1, -0.05) is 109 Å². The van der Waals surface area contributed by atoms with Crippen LogP contribution in [0, 0.1) is 0 Å². The molecule has 0 radical (unpaired) electrons. The summed E-state index contributed by atoms with van der Waals surface area (Å²) in [6.45, 7) is 4.56. The lowest BCUT2D eigenvalue weighted by Gasteiger charge is -2.16. The van der Waals surface area contributed by atoms with Crippen LogP contribution in [0.25, 0.3) is 78.2 Å². The molecule has 0 amide bonds. The van der Waals surface area contributed by atoms with Crippen molar-refractivity contribution < 1.29 is 19.2 Å². The molecule has 2 aromatic heterocycles. The largest absolute Gasteiger partial charge is 0.298 e. The molecule has 0 fully saturated rings. The average molecular weight is 717 g/mol. The van der Waals surface area contributed by atoms with Gasteiger partial charge in [-0.05, 0) is 56.2 Å². The molecule has 264 valence electrons. The molecule has 8 rings (SSSR count). The van der Waals surface area contributed by atoms with Crippen molar-refractivity contribution in [3.63, 3.8) is 0 Å². The first kappa shape index (κ1) is 34.7. The van der Waals surface area contributed by atoms with E-state index in [1.54, 1.807) is 30.3 Å². The Bertz CT molecular complexity index is 2900. The van der Waals surface area contributed by atoms with Gasteiger partial charge in [0.15, 0.2) is 23.6 Å². The fraction of sp³-hybridized carbons (Fsp3) is 0.0638. The number of hydrogen-bond donors (Lipinski definition) is 0. The molecule has 0 aliphatic rings. The van der Waals surface area contributed by atoms with Gasteiger partial charge in [-0.15, -0.1) is 0 Å². The van der Waals surface area contributed by atoms with Crippen molar-refractivity contribution in [1.82, 2.24) is 19.9 Å². The number of nitrogens with zero attached hydrogens (tertiary/aromatic N) is 4. The van der Waals surface area contributed by atoms with E-state index in [1.165, 1.54) is 20.8 Å². The molecular formula is C47H32N4O4. The molecule has 55 heavy (non-hydrogen) atoms. The molecular weight excluding hydrogens is 685 g/mol. The number of aromatic nitrogens is 4. The third kappa shape index (κ3) is 6.40. The topological polar surface area (TPSA) is 120 Å². The van der Waals surface area contributed by atoms with Gasteiger partial charge in [0.25, 0.3) is 0 Å². The monoisotopic (exact) mass is 716 g/mol. The van der Waals surface area contributed by atoms with Crippen LogP contribution in [-0.4, -0.2) is 43.6 Å². The van der Waals surface area contributed by atoms with E-state index >= 15 is 0 Å². The van der Waals surface area contributed by atoms with E-state index in [0.29, 0.717) is 89.4 Å². The fourth-order valence-corrected chi connectivity index (χ4v) is 7.02. The van der Waals surface area contributed by atoms with Gasteiger partial charge in [0.05, 0.1) is 44.8 Å². The number of fused-ring (bicyclic) bond motifs is 2. The second-order valence-corrected chi connectivity index (χ2v) is 13.3. The van der Waals surface area contributed by atoms with Crippen LogP contribution in [0.5, 0.6) is 0 Å². The maximum Gasteiger partial charge on any atom is 0.160 e. The van der Waals surface area contributed by atoms with E-state index in [4.69, 9.17) is 19.9 Å². The van der Waals surface area contributed by atoms with Crippen LogP contribution >= 0.6 is 0 Å². The lowest BCUT2D eigenvalue weighted by atomic mass is 9.94. The van der Waals surface area contributed by atoms with Gasteiger partial charge in [0.1, 0.15) is 0 Å². The van der Waals surface area contributed by atoms with E-state index < -0.39 is 0 Å². The third-order valence-electron chi connectivity index (χ3n) is 9.69. The Morgan fingerprint density at radius 1 is 0.400 bits per heavy atom. The van der Waals surface area contributed by atoms with Crippen molar-refractivity contribution in [2.45, 2.75) is 20.8 Å². The van der Waals surface area contributed by atoms with Gasteiger partial charge in [-0.2, -0.15) is 0 Å². The van der Waals surface area contributed by atoms with Crippen LogP contribution in [0.3, 0.4) is 0 Å². The zero-order valence-corrected chi connectivity index (χ0v) is 30.2. The molecule has 0 unspecified atom stereocenters. The third-order valence-corrected chi connectivity index (χ3v) is 9.69. The summed E-state index contributed by atoms with van der Waals surface area (Å²) in [5.74, 6) is -0.333.